The van der Waals surface area contributed by atoms with Crippen molar-refractivity contribution in [2.75, 3.05) is 12.3 Å². The van der Waals surface area contributed by atoms with Crippen LogP contribution in [0.3, 0.4) is 0 Å². The fraction of sp³-hybridized carbons (Fsp3) is 0.500. The van der Waals surface area contributed by atoms with Gasteiger partial charge in [-0.3, -0.25) is 18.9 Å². The van der Waals surface area contributed by atoms with E-state index < -0.39 is 55.4 Å². The van der Waals surface area contributed by atoms with Gasteiger partial charge in [0.15, 0.2) is 17.4 Å². The summed E-state index contributed by atoms with van der Waals surface area (Å²) in [7, 11) is -5.01. The standard InChI is InChI=1S/C10H14N5O8P/c11-9-13-6-3(7(19)14-9)12-10(24(20,21)22)15(6)8-5(18)4(17)2(1-16)23-8/h2,4-5,8,16-18H,1H2,(H2,20,21,22)(H3,11,13,14,19)/t2-,4-,5-,8-/m1/s1. The molecular weight excluding hydrogens is 349 g/mol. The average Bonchev–Trinajstić information content (AvgIpc) is 2.98. The third kappa shape index (κ3) is 2.52. The van der Waals surface area contributed by atoms with Crippen LogP contribution in [0.1, 0.15) is 6.23 Å². The summed E-state index contributed by atoms with van der Waals surface area (Å²) in [5.74, 6) is -0.349. The van der Waals surface area contributed by atoms with Crippen LogP contribution in [0, 0.1) is 0 Å². The SMILES string of the molecule is Nc1nc2c(nc(P(=O)(O)O)n2[C@@H]2O[C@H](CO)[C@@H](O)[C@H]2O)c(=O)[nH]1. The molecule has 14 heteroatoms. The zero-order valence-electron chi connectivity index (χ0n) is 11.8. The van der Waals surface area contributed by atoms with E-state index in [1.807, 2.05) is 0 Å². The Morgan fingerprint density at radius 2 is 1.96 bits per heavy atom. The quantitative estimate of drug-likeness (QED) is 0.261. The van der Waals surface area contributed by atoms with E-state index in [4.69, 9.17) is 15.6 Å². The van der Waals surface area contributed by atoms with Crippen molar-refractivity contribution < 1.29 is 34.4 Å². The van der Waals surface area contributed by atoms with Crippen molar-refractivity contribution >= 4 is 30.3 Å². The number of nitrogen functional groups attached to an aromatic ring is 1. The van der Waals surface area contributed by atoms with Crippen LogP contribution in [-0.4, -0.2) is 69.5 Å². The molecule has 8 N–H and O–H groups in total. The molecule has 3 heterocycles. The molecule has 1 aliphatic rings. The van der Waals surface area contributed by atoms with E-state index in [0.29, 0.717) is 4.57 Å². The Balaban J connectivity index is 2.30. The normalized spacial score (nSPS) is 27.9. The lowest BCUT2D eigenvalue weighted by Gasteiger charge is -2.19. The first kappa shape index (κ1) is 17.0. The maximum absolute atomic E-state index is 11.9. The summed E-state index contributed by atoms with van der Waals surface area (Å²) in [4.78, 5) is 40.3. The number of hydrogen-bond donors (Lipinski definition) is 7. The highest BCUT2D eigenvalue weighted by atomic mass is 31.2. The van der Waals surface area contributed by atoms with Gasteiger partial charge in [-0.2, -0.15) is 4.98 Å². The molecule has 13 nitrogen and oxygen atoms in total. The predicted octanol–water partition coefficient (Wildman–Crippen LogP) is -3.88. The van der Waals surface area contributed by atoms with Crippen molar-refractivity contribution in [2.45, 2.75) is 24.5 Å². The lowest BCUT2D eigenvalue weighted by molar-refractivity contribution is -0.0498. The number of nitrogens with zero attached hydrogens (tertiary/aromatic N) is 3. The first-order valence-electron chi connectivity index (χ1n) is 6.61. The van der Waals surface area contributed by atoms with Crippen LogP contribution < -0.4 is 16.9 Å². The summed E-state index contributed by atoms with van der Waals surface area (Å²) in [6.45, 7) is -0.650. The Hall–Kier alpha value is -1.86. The van der Waals surface area contributed by atoms with Crippen LogP contribution in [0.25, 0.3) is 11.2 Å². The Morgan fingerprint density at radius 1 is 1.29 bits per heavy atom. The van der Waals surface area contributed by atoms with Gasteiger partial charge in [-0.05, 0) is 0 Å². The third-order valence-corrected chi connectivity index (χ3v) is 4.42. The number of rotatable bonds is 3. The molecule has 3 rings (SSSR count). The van der Waals surface area contributed by atoms with Gasteiger partial charge in [0.1, 0.15) is 18.3 Å². The van der Waals surface area contributed by atoms with Crippen LogP contribution in [0.5, 0.6) is 0 Å². The summed E-state index contributed by atoms with van der Waals surface area (Å²) in [5, 5.41) is 29.0. The van der Waals surface area contributed by atoms with Gasteiger partial charge in [0.2, 0.25) is 11.5 Å². The Kier molecular flexibility index (Phi) is 3.96. The van der Waals surface area contributed by atoms with E-state index in [2.05, 4.69) is 15.0 Å². The largest absolute Gasteiger partial charge is 0.394 e. The molecule has 24 heavy (non-hydrogen) atoms. The van der Waals surface area contributed by atoms with Gasteiger partial charge in [0.05, 0.1) is 6.61 Å². The summed E-state index contributed by atoms with van der Waals surface area (Å²) in [5.41, 5.74) is 2.92. The molecule has 0 radical (unpaired) electrons. The van der Waals surface area contributed by atoms with Crippen molar-refractivity contribution in [2.24, 2.45) is 0 Å². The van der Waals surface area contributed by atoms with Gasteiger partial charge in [-0.1, -0.05) is 0 Å². The highest BCUT2D eigenvalue weighted by Gasteiger charge is 2.46. The molecule has 2 aromatic heterocycles. The highest BCUT2D eigenvalue weighted by molar-refractivity contribution is 7.59. The molecule has 4 atom stereocenters. The second kappa shape index (κ2) is 5.60. The molecule has 0 spiro atoms. The zero-order chi connectivity index (χ0) is 17.8. The monoisotopic (exact) mass is 363 g/mol. The second-order valence-corrected chi connectivity index (χ2v) is 6.67. The van der Waals surface area contributed by atoms with Crippen LogP contribution in [0.4, 0.5) is 5.95 Å². The molecule has 0 bridgehead atoms. The smallest absolute Gasteiger partial charge is 0.391 e. The molecule has 1 fully saturated rings. The maximum Gasteiger partial charge on any atom is 0.391 e. The molecular formula is C10H14N5O8P. The van der Waals surface area contributed by atoms with E-state index in [1.165, 1.54) is 0 Å². The van der Waals surface area contributed by atoms with E-state index in [1.54, 1.807) is 0 Å². The average molecular weight is 363 g/mol. The van der Waals surface area contributed by atoms with Crippen LogP contribution in [-0.2, 0) is 9.30 Å². The number of aromatic amines is 1. The van der Waals surface area contributed by atoms with Gasteiger partial charge >= 0.3 is 7.60 Å². The number of ether oxygens (including phenoxy) is 1. The minimum absolute atomic E-state index is 0.343. The Bertz CT molecular complexity index is 889. The molecule has 0 amide bonds. The van der Waals surface area contributed by atoms with Crippen LogP contribution in [0.15, 0.2) is 4.79 Å². The number of imidazole rings is 1. The van der Waals surface area contributed by atoms with Crippen molar-refractivity contribution in [3.8, 4) is 0 Å². The fourth-order valence-electron chi connectivity index (χ4n) is 2.52. The molecule has 0 saturated carbocycles. The molecule has 0 aliphatic carbocycles. The van der Waals surface area contributed by atoms with Crippen LogP contribution >= 0.6 is 7.60 Å². The van der Waals surface area contributed by atoms with Crippen LogP contribution in [0.2, 0.25) is 0 Å². The molecule has 0 unspecified atom stereocenters. The number of nitrogens with two attached hydrogens (primary N) is 1. The maximum atomic E-state index is 11.9. The second-order valence-electron chi connectivity index (χ2n) is 5.18. The van der Waals surface area contributed by atoms with Gasteiger partial charge < -0.3 is 35.6 Å². The highest BCUT2D eigenvalue weighted by Crippen LogP contribution is 2.38. The number of aliphatic hydroxyl groups is 3. The van der Waals surface area contributed by atoms with Gasteiger partial charge in [-0.15, -0.1) is 0 Å². The van der Waals surface area contributed by atoms with E-state index >= 15 is 0 Å². The van der Waals surface area contributed by atoms with Crippen molar-refractivity contribution in [1.29, 1.82) is 0 Å². The van der Waals surface area contributed by atoms with Crippen molar-refractivity contribution in [1.82, 2.24) is 19.5 Å². The van der Waals surface area contributed by atoms with Crippen molar-refractivity contribution in [3.05, 3.63) is 10.4 Å². The summed E-state index contributed by atoms with van der Waals surface area (Å²) < 4.78 is 17.6. The molecule has 0 aromatic carbocycles. The summed E-state index contributed by atoms with van der Waals surface area (Å²) in [6.07, 6.45) is -5.93. The molecule has 132 valence electrons. The fourth-order valence-corrected chi connectivity index (χ4v) is 3.24. The number of aliphatic hydroxyl groups excluding tert-OH is 3. The predicted molar refractivity (Wildman–Crippen MR) is 77.2 cm³/mol. The number of fused-ring (bicyclic) bond motifs is 1. The third-order valence-electron chi connectivity index (χ3n) is 3.58. The summed E-state index contributed by atoms with van der Waals surface area (Å²) in [6, 6.07) is 0. The zero-order valence-corrected chi connectivity index (χ0v) is 12.7. The van der Waals surface area contributed by atoms with E-state index in [-0.39, 0.29) is 11.6 Å². The first-order chi connectivity index (χ1) is 11.1. The number of aromatic nitrogens is 4. The molecule has 1 aliphatic heterocycles. The lowest BCUT2D eigenvalue weighted by atomic mass is 10.1. The topological polar surface area (TPSA) is 217 Å². The van der Waals surface area contributed by atoms with E-state index in [0.717, 1.165) is 0 Å². The number of hydrogen-bond acceptors (Lipinski definition) is 9. The first-order valence-corrected chi connectivity index (χ1v) is 8.22. The Morgan fingerprint density at radius 3 is 2.50 bits per heavy atom. The minimum atomic E-state index is -5.01. The lowest BCUT2D eigenvalue weighted by Crippen LogP contribution is -2.35. The minimum Gasteiger partial charge on any atom is -0.394 e. The van der Waals surface area contributed by atoms with E-state index in [9.17, 15) is 29.4 Å². The van der Waals surface area contributed by atoms with Gasteiger partial charge in [0.25, 0.3) is 5.56 Å². The number of anilines is 1. The van der Waals surface area contributed by atoms with Crippen molar-refractivity contribution in [3.63, 3.8) is 0 Å². The van der Waals surface area contributed by atoms with Gasteiger partial charge in [0, 0.05) is 0 Å². The Labute approximate surface area is 132 Å². The number of nitrogens with one attached hydrogen (secondary N) is 1. The summed E-state index contributed by atoms with van der Waals surface area (Å²) >= 11 is 0. The number of H-pyrrole nitrogens is 1. The molecule has 2 aromatic rings. The van der Waals surface area contributed by atoms with Gasteiger partial charge in [-0.25, -0.2) is 4.98 Å². The molecule has 1 saturated heterocycles.